The van der Waals surface area contributed by atoms with Crippen molar-refractivity contribution in [3.63, 3.8) is 0 Å². The van der Waals surface area contributed by atoms with E-state index in [4.69, 9.17) is 11.5 Å². The summed E-state index contributed by atoms with van der Waals surface area (Å²) in [6.07, 6.45) is 0. The van der Waals surface area contributed by atoms with Crippen LogP contribution in [0.25, 0.3) is 11.1 Å². The zero-order chi connectivity index (χ0) is 14.7. The van der Waals surface area contributed by atoms with Crippen LogP contribution in [0.4, 0.5) is 0 Å². The van der Waals surface area contributed by atoms with Gasteiger partial charge in [-0.2, -0.15) is 4.99 Å². The molecule has 2 aromatic rings. The summed E-state index contributed by atoms with van der Waals surface area (Å²) in [6.45, 7) is 1.86. The highest BCUT2D eigenvalue weighted by atomic mass is 16.3. The average Bonchev–Trinajstić information content (AvgIpc) is 2.41. The third kappa shape index (κ3) is 2.61. The predicted molar refractivity (Wildman–Crippen MR) is 78.4 cm³/mol. The Morgan fingerprint density at radius 3 is 2.35 bits per heavy atom. The highest BCUT2D eigenvalue weighted by Crippen LogP contribution is 2.33. The Balaban J connectivity index is 2.71. The third-order valence-electron chi connectivity index (χ3n) is 2.90. The number of hydrogen-bond donors (Lipinski definition) is 3. The fraction of sp³-hybridized carbons (Fsp3) is 0.0667. The fourth-order valence-electron chi connectivity index (χ4n) is 2.06. The van der Waals surface area contributed by atoms with Gasteiger partial charge in [0.2, 0.25) is 0 Å². The monoisotopic (exact) mass is 269 g/mol. The summed E-state index contributed by atoms with van der Waals surface area (Å²) >= 11 is 0. The summed E-state index contributed by atoms with van der Waals surface area (Å²) < 4.78 is 0. The molecule has 0 heterocycles. The first kappa shape index (κ1) is 13.6. The van der Waals surface area contributed by atoms with Crippen LogP contribution in [0.3, 0.4) is 0 Å². The van der Waals surface area contributed by atoms with Crippen LogP contribution in [-0.4, -0.2) is 17.0 Å². The molecule has 0 fully saturated rings. The summed E-state index contributed by atoms with van der Waals surface area (Å²) in [5, 5.41) is 9.99. The van der Waals surface area contributed by atoms with E-state index in [0.717, 1.165) is 11.1 Å². The minimum atomic E-state index is -0.662. The van der Waals surface area contributed by atoms with E-state index in [1.807, 2.05) is 37.3 Å². The van der Waals surface area contributed by atoms with Gasteiger partial charge in [-0.15, -0.1) is 0 Å². The lowest BCUT2D eigenvalue weighted by Crippen LogP contribution is -2.24. The van der Waals surface area contributed by atoms with Crippen LogP contribution in [0.15, 0.2) is 47.5 Å². The zero-order valence-electron chi connectivity index (χ0n) is 11.0. The van der Waals surface area contributed by atoms with E-state index >= 15 is 0 Å². The molecule has 0 aliphatic carbocycles. The molecule has 2 rings (SSSR count). The molecule has 0 unspecified atom stereocenters. The highest BCUT2D eigenvalue weighted by Gasteiger charge is 2.19. The molecule has 5 nitrogen and oxygen atoms in total. The van der Waals surface area contributed by atoms with Gasteiger partial charge >= 0.3 is 0 Å². The first-order valence-corrected chi connectivity index (χ1v) is 6.02. The lowest BCUT2D eigenvalue weighted by molar-refractivity contribution is 0.100. The molecule has 0 aliphatic heterocycles. The summed E-state index contributed by atoms with van der Waals surface area (Å²) in [6, 6.07) is 12.5. The number of carbonyl (C=O) groups excluding carboxylic acids is 1. The molecule has 0 saturated heterocycles. The second kappa shape index (κ2) is 5.44. The van der Waals surface area contributed by atoms with Crippen LogP contribution in [0.5, 0.6) is 5.75 Å². The topological polar surface area (TPSA) is 102 Å². The Kier molecular flexibility index (Phi) is 3.70. The van der Waals surface area contributed by atoms with Crippen LogP contribution < -0.4 is 11.5 Å². The van der Waals surface area contributed by atoms with E-state index < -0.39 is 5.91 Å². The Morgan fingerprint density at radius 1 is 1.10 bits per heavy atom. The number of nitrogens with two attached hydrogens (primary N) is 2. The lowest BCUT2D eigenvalue weighted by Gasteiger charge is -2.12. The highest BCUT2D eigenvalue weighted by molar-refractivity contribution is 6.08. The molecule has 0 aromatic heterocycles. The maximum Gasteiger partial charge on any atom is 0.284 e. The molecular weight excluding hydrogens is 254 g/mol. The van der Waals surface area contributed by atoms with Crippen molar-refractivity contribution in [2.24, 2.45) is 16.5 Å². The largest absolute Gasteiger partial charge is 0.507 e. The van der Waals surface area contributed by atoms with Crippen molar-refractivity contribution in [1.82, 2.24) is 0 Å². The molecule has 1 amide bonds. The molecule has 0 saturated carbocycles. The molecule has 0 radical (unpaired) electrons. The number of guanidine groups is 1. The van der Waals surface area contributed by atoms with Gasteiger partial charge in [-0.1, -0.05) is 36.4 Å². The number of hydrogen-bond acceptors (Lipinski definition) is 2. The normalized spacial score (nSPS) is 10.1. The van der Waals surface area contributed by atoms with E-state index in [9.17, 15) is 9.90 Å². The molecule has 0 spiro atoms. The predicted octanol–water partition coefficient (Wildman–Crippen LogP) is 1.78. The van der Waals surface area contributed by atoms with Gasteiger partial charge in [-0.05, 0) is 24.1 Å². The maximum absolute atomic E-state index is 12.1. The number of carbonyl (C=O) groups is 1. The number of rotatable bonds is 2. The number of benzene rings is 2. The molecule has 0 bridgehead atoms. The molecule has 0 aliphatic rings. The lowest BCUT2D eigenvalue weighted by atomic mass is 9.94. The number of phenolic OH excluding ortho intramolecular Hbond substituents is 1. The van der Waals surface area contributed by atoms with Gasteiger partial charge < -0.3 is 16.6 Å². The molecule has 5 heteroatoms. The second-order valence-corrected chi connectivity index (χ2v) is 4.36. The van der Waals surface area contributed by atoms with Crippen LogP contribution in [0.2, 0.25) is 0 Å². The van der Waals surface area contributed by atoms with E-state index in [1.54, 1.807) is 6.07 Å². The van der Waals surface area contributed by atoms with Crippen LogP contribution >= 0.6 is 0 Å². The number of amides is 1. The average molecular weight is 269 g/mol. The van der Waals surface area contributed by atoms with Crippen molar-refractivity contribution >= 4 is 11.9 Å². The quantitative estimate of drug-likeness (QED) is 0.571. The maximum atomic E-state index is 12.1. The molecular formula is C15H15N3O2. The van der Waals surface area contributed by atoms with Crippen molar-refractivity contribution in [3.8, 4) is 16.9 Å². The zero-order valence-corrected chi connectivity index (χ0v) is 11.0. The first-order valence-electron chi connectivity index (χ1n) is 6.02. The summed E-state index contributed by atoms with van der Waals surface area (Å²) in [5.74, 6) is -1.15. The summed E-state index contributed by atoms with van der Waals surface area (Å²) in [7, 11) is 0. The van der Waals surface area contributed by atoms with Gasteiger partial charge in [-0.25, -0.2) is 0 Å². The summed E-state index contributed by atoms with van der Waals surface area (Å²) in [5.41, 5.74) is 12.9. The second-order valence-electron chi connectivity index (χ2n) is 4.36. The van der Waals surface area contributed by atoms with Crippen molar-refractivity contribution in [2.45, 2.75) is 6.92 Å². The summed E-state index contributed by atoms with van der Waals surface area (Å²) in [4.78, 5) is 15.6. The number of nitrogens with zero attached hydrogens (tertiary/aromatic N) is 1. The Labute approximate surface area is 116 Å². The Hall–Kier alpha value is -2.82. The number of aliphatic imine (C=N–C) groups is 1. The Bertz CT molecular complexity index is 675. The van der Waals surface area contributed by atoms with E-state index in [0.29, 0.717) is 5.56 Å². The minimum Gasteiger partial charge on any atom is -0.507 e. The van der Waals surface area contributed by atoms with Crippen LogP contribution in [-0.2, 0) is 0 Å². The standard InChI is InChI=1S/C15H15N3O2/c1-9-7-8-11(19)13(14(20)18-15(16)17)12(9)10-5-3-2-4-6-10/h2-8,19H,1H3,(H4,16,17,18,20). The number of aromatic hydroxyl groups is 1. The fourth-order valence-corrected chi connectivity index (χ4v) is 2.06. The number of aryl methyl sites for hydroxylation is 1. The van der Waals surface area contributed by atoms with Gasteiger partial charge in [0.05, 0.1) is 5.56 Å². The SMILES string of the molecule is Cc1ccc(O)c(C(=O)N=C(N)N)c1-c1ccccc1. The van der Waals surface area contributed by atoms with Gasteiger partial charge in [0, 0.05) is 5.56 Å². The van der Waals surface area contributed by atoms with Crippen molar-refractivity contribution in [1.29, 1.82) is 0 Å². The van der Waals surface area contributed by atoms with Crippen molar-refractivity contribution < 1.29 is 9.90 Å². The van der Waals surface area contributed by atoms with Gasteiger partial charge in [0.1, 0.15) is 5.75 Å². The van der Waals surface area contributed by atoms with Gasteiger partial charge in [0.15, 0.2) is 5.96 Å². The van der Waals surface area contributed by atoms with Gasteiger partial charge in [-0.3, -0.25) is 4.79 Å². The molecule has 102 valence electrons. The molecule has 2 aromatic carbocycles. The first-order chi connectivity index (χ1) is 9.50. The Morgan fingerprint density at radius 2 is 1.75 bits per heavy atom. The van der Waals surface area contributed by atoms with Crippen molar-refractivity contribution in [3.05, 3.63) is 53.6 Å². The molecule has 5 N–H and O–H groups in total. The van der Waals surface area contributed by atoms with E-state index in [-0.39, 0.29) is 17.3 Å². The third-order valence-corrected chi connectivity index (χ3v) is 2.90. The smallest absolute Gasteiger partial charge is 0.284 e. The minimum absolute atomic E-state index is 0.101. The van der Waals surface area contributed by atoms with Gasteiger partial charge in [0.25, 0.3) is 5.91 Å². The van der Waals surface area contributed by atoms with Crippen LogP contribution in [0.1, 0.15) is 15.9 Å². The van der Waals surface area contributed by atoms with E-state index in [2.05, 4.69) is 4.99 Å². The molecule has 0 atom stereocenters. The number of phenols is 1. The molecule has 20 heavy (non-hydrogen) atoms. The van der Waals surface area contributed by atoms with Crippen molar-refractivity contribution in [2.75, 3.05) is 0 Å². The van der Waals surface area contributed by atoms with E-state index in [1.165, 1.54) is 6.07 Å². The van der Waals surface area contributed by atoms with Crippen LogP contribution in [0, 0.1) is 6.92 Å².